The molecule has 1 aliphatic rings. The van der Waals surface area contributed by atoms with Crippen LogP contribution in [0.3, 0.4) is 0 Å². The van der Waals surface area contributed by atoms with Gasteiger partial charge in [-0.3, -0.25) is 0 Å². The average molecular weight is 269 g/mol. The van der Waals surface area contributed by atoms with E-state index in [2.05, 4.69) is 11.6 Å². The Labute approximate surface area is 108 Å². The minimum Gasteiger partial charge on any atom is -0.389 e. The molecule has 4 nitrogen and oxygen atoms in total. The monoisotopic (exact) mass is 269 g/mol. The summed E-state index contributed by atoms with van der Waals surface area (Å²) >= 11 is 0. The zero-order valence-electron chi connectivity index (χ0n) is 10.6. The highest BCUT2D eigenvalue weighted by Gasteiger charge is 2.38. The van der Waals surface area contributed by atoms with Gasteiger partial charge in [-0.2, -0.15) is 0 Å². The van der Waals surface area contributed by atoms with E-state index in [1.54, 1.807) is 25.1 Å². The first-order valence-corrected chi connectivity index (χ1v) is 7.72. The molecule has 2 N–H and O–H groups in total. The second-order valence-corrected chi connectivity index (χ2v) is 6.59. The third-order valence-electron chi connectivity index (χ3n) is 3.40. The summed E-state index contributed by atoms with van der Waals surface area (Å²) < 4.78 is 27.0. The zero-order valence-corrected chi connectivity index (χ0v) is 11.4. The molecule has 100 valence electrons. The minimum absolute atomic E-state index is 0.0789. The van der Waals surface area contributed by atoms with Crippen LogP contribution in [0.15, 0.2) is 29.2 Å². The number of sulfonamides is 1. The molecule has 0 bridgehead atoms. The normalized spacial score (nSPS) is 24.8. The van der Waals surface area contributed by atoms with E-state index in [9.17, 15) is 13.5 Å². The molecule has 1 aromatic rings. The van der Waals surface area contributed by atoms with Crippen LogP contribution in [0.2, 0.25) is 0 Å². The summed E-state index contributed by atoms with van der Waals surface area (Å²) in [6.07, 6.45) is 1.26. The number of aliphatic hydroxyl groups is 1. The van der Waals surface area contributed by atoms with Gasteiger partial charge in [0, 0.05) is 6.04 Å². The number of benzene rings is 1. The fourth-order valence-electron chi connectivity index (χ4n) is 2.05. The van der Waals surface area contributed by atoms with E-state index >= 15 is 0 Å². The molecule has 0 aromatic heterocycles. The Morgan fingerprint density at radius 3 is 2.78 bits per heavy atom. The number of rotatable bonds is 5. The molecule has 2 rings (SSSR count). The smallest absolute Gasteiger partial charge is 0.240 e. The van der Waals surface area contributed by atoms with Crippen LogP contribution in [0.25, 0.3) is 0 Å². The van der Waals surface area contributed by atoms with Crippen molar-refractivity contribution in [3.8, 4) is 0 Å². The topological polar surface area (TPSA) is 66.4 Å². The standard InChI is InChI=1S/C13H19NO3S/c1-3-10-8-13(10)14-18(16,17)12-6-4-5-11(7-12)9(2)15/h4-7,9-10,13-15H,3,8H2,1-2H3. The Morgan fingerprint density at radius 1 is 1.50 bits per heavy atom. The number of aliphatic hydroxyl groups excluding tert-OH is 1. The summed E-state index contributed by atoms with van der Waals surface area (Å²) in [5, 5.41) is 9.47. The molecule has 5 heteroatoms. The van der Waals surface area contributed by atoms with E-state index in [-0.39, 0.29) is 10.9 Å². The van der Waals surface area contributed by atoms with Gasteiger partial charge >= 0.3 is 0 Å². The molecule has 1 saturated carbocycles. The number of nitrogens with one attached hydrogen (secondary N) is 1. The number of hydrogen-bond acceptors (Lipinski definition) is 3. The van der Waals surface area contributed by atoms with Gasteiger partial charge < -0.3 is 5.11 Å². The summed E-state index contributed by atoms with van der Waals surface area (Å²) in [5.74, 6) is 0.472. The maximum atomic E-state index is 12.1. The minimum atomic E-state index is -3.46. The molecule has 0 aliphatic heterocycles. The van der Waals surface area contributed by atoms with E-state index in [1.165, 1.54) is 6.07 Å². The molecule has 1 fully saturated rings. The Morgan fingerprint density at radius 2 is 2.22 bits per heavy atom. The molecule has 0 heterocycles. The van der Waals surface area contributed by atoms with E-state index in [4.69, 9.17) is 0 Å². The highest BCUT2D eigenvalue weighted by molar-refractivity contribution is 7.89. The predicted molar refractivity (Wildman–Crippen MR) is 69.6 cm³/mol. The summed E-state index contributed by atoms with van der Waals surface area (Å²) in [4.78, 5) is 0.225. The fourth-order valence-corrected chi connectivity index (χ4v) is 3.42. The molecular formula is C13H19NO3S. The van der Waals surface area contributed by atoms with Crippen LogP contribution >= 0.6 is 0 Å². The van der Waals surface area contributed by atoms with Crippen molar-refractivity contribution in [2.45, 2.75) is 43.7 Å². The van der Waals surface area contributed by atoms with Crippen molar-refractivity contribution >= 4 is 10.0 Å². The molecule has 0 spiro atoms. The zero-order chi connectivity index (χ0) is 13.3. The van der Waals surface area contributed by atoms with Gasteiger partial charge in [0.15, 0.2) is 0 Å². The Balaban J connectivity index is 2.17. The van der Waals surface area contributed by atoms with Crippen molar-refractivity contribution in [2.24, 2.45) is 5.92 Å². The van der Waals surface area contributed by atoms with Gasteiger partial charge in [-0.25, -0.2) is 13.1 Å². The first-order chi connectivity index (χ1) is 8.44. The summed E-state index contributed by atoms with van der Waals surface area (Å²) in [7, 11) is -3.46. The molecule has 0 amide bonds. The van der Waals surface area contributed by atoms with Crippen LogP contribution in [0.5, 0.6) is 0 Å². The highest BCUT2D eigenvalue weighted by atomic mass is 32.2. The van der Waals surface area contributed by atoms with Gasteiger partial charge in [0.2, 0.25) is 10.0 Å². The van der Waals surface area contributed by atoms with E-state index in [0.717, 1.165) is 12.8 Å². The molecule has 0 saturated heterocycles. The first kappa shape index (κ1) is 13.5. The second kappa shape index (κ2) is 4.99. The maximum Gasteiger partial charge on any atom is 0.240 e. The van der Waals surface area contributed by atoms with Gasteiger partial charge in [0.1, 0.15) is 0 Å². The van der Waals surface area contributed by atoms with E-state index < -0.39 is 16.1 Å². The van der Waals surface area contributed by atoms with Gasteiger partial charge in [-0.15, -0.1) is 0 Å². The third-order valence-corrected chi connectivity index (χ3v) is 4.89. The van der Waals surface area contributed by atoms with Crippen molar-refractivity contribution in [2.75, 3.05) is 0 Å². The van der Waals surface area contributed by atoms with Crippen molar-refractivity contribution in [3.63, 3.8) is 0 Å². The Hall–Kier alpha value is -0.910. The molecule has 3 unspecified atom stereocenters. The Bertz CT molecular complexity index is 525. The van der Waals surface area contributed by atoms with Crippen LogP contribution in [-0.2, 0) is 10.0 Å². The van der Waals surface area contributed by atoms with Crippen molar-refractivity contribution in [1.82, 2.24) is 4.72 Å². The van der Waals surface area contributed by atoms with Crippen LogP contribution in [0.1, 0.15) is 38.4 Å². The van der Waals surface area contributed by atoms with Gasteiger partial charge in [0.05, 0.1) is 11.0 Å². The van der Waals surface area contributed by atoms with Gasteiger partial charge in [-0.1, -0.05) is 25.5 Å². The van der Waals surface area contributed by atoms with Gasteiger partial charge in [0.25, 0.3) is 0 Å². The summed E-state index contributed by atoms with van der Waals surface area (Å²) in [5.41, 5.74) is 0.612. The second-order valence-electron chi connectivity index (χ2n) is 4.88. The quantitative estimate of drug-likeness (QED) is 0.857. The molecular weight excluding hydrogens is 250 g/mol. The highest BCUT2D eigenvalue weighted by Crippen LogP contribution is 2.34. The largest absolute Gasteiger partial charge is 0.389 e. The van der Waals surface area contributed by atoms with E-state index in [1.807, 2.05) is 0 Å². The first-order valence-electron chi connectivity index (χ1n) is 6.24. The van der Waals surface area contributed by atoms with Crippen LogP contribution in [0.4, 0.5) is 0 Å². The van der Waals surface area contributed by atoms with Crippen molar-refractivity contribution < 1.29 is 13.5 Å². The van der Waals surface area contributed by atoms with Crippen LogP contribution in [0, 0.1) is 5.92 Å². The maximum absolute atomic E-state index is 12.1. The molecule has 0 radical (unpaired) electrons. The Kier molecular flexibility index (Phi) is 3.75. The lowest BCUT2D eigenvalue weighted by molar-refractivity contribution is 0.199. The molecule has 3 atom stereocenters. The summed E-state index contributed by atoms with van der Waals surface area (Å²) in [6.45, 7) is 3.68. The summed E-state index contributed by atoms with van der Waals surface area (Å²) in [6, 6.07) is 6.53. The number of hydrogen-bond donors (Lipinski definition) is 2. The molecule has 1 aromatic carbocycles. The lowest BCUT2D eigenvalue weighted by Crippen LogP contribution is -2.27. The van der Waals surface area contributed by atoms with Crippen molar-refractivity contribution in [3.05, 3.63) is 29.8 Å². The molecule has 18 heavy (non-hydrogen) atoms. The lowest BCUT2D eigenvalue weighted by atomic mass is 10.1. The van der Waals surface area contributed by atoms with E-state index in [0.29, 0.717) is 11.5 Å². The molecule has 1 aliphatic carbocycles. The van der Waals surface area contributed by atoms with Crippen molar-refractivity contribution in [1.29, 1.82) is 0 Å². The van der Waals surface area contributed by atoms with Gasteiger partial charge in [-0.05, 0) is 37.0 Å². The third kappa shape index (κ3) is 2.91. The van der Waals surface area contributed by atoms with Crippen LogP contribution in [-0.4, -0.2) is 19.6 Å². The fraction of sp³-hybridized carbons (Fsp3) is 0.538. The SMILES string of the molecule is CCC1CC1NS(=O)(=O)c1cccc(C(C)O)c1. The predicted octanol–water partition coefficient (Wildman–Crippen LogP) is 1.82. The lowest BCUT2D eigenvalue weighted by Gasteiger charge is -2.09. The average Bonchev–Trinajstić information content (AvgIpc) is 3.07. The van der Waals surface area contributed by atoms with Crippen LogP contribution < -0.4 is 4.72 Å².